The van der Waals surface area contributed by atoms with Crippen molar-refractivity contribution in [3.8, 4) is 5.75 Å². The van der Waals surface area contributed by atoms with Crippen LogP contribution in [-0.4, -0.2) is 42.2 Å². The van der Waals surface area contributed by atoms with Crippen molar-refractivity contribution in [2.24, 2.45) is 10.9 Å². The zero-order valence-electron chi connectivity index (χ0n) is 19.3. The molecule has 0 saturated carbocycles. The second-order valence-corrected chi connectivity index (χ2v) is 8.42. The highest BCUT2D eigenvalue weighted by molar-refractivity contribution is 6.01. The molecule has 0 saturated heterocycles. The molecular formula is C26H33N3O4. The lowest BCUT2D eigenvalue weighted by Gasteiger charge is -2.29. The summed E-state index contributed by atoms with van der Waals surface area (Å²) >= 11 is 0. The largest absolute Gasteiger partial charge is 0.494 e. The summed E-state index contributed by atoms with van der Waals surface area (Å²) in [6, 6.07) is 17.0. The fourth-order valence-corrected chi connectivity index (χ4v) is 3.61. The van der Waals surface area contributed by atoms with Crippen molar-refractivity contribution in [2.75, 3.05) is 19.8 Å². The van der Waals surface area contributed by atoms with Crippen LogP contribution in [0.4, 0.5) is 0 Å². The number of carbonyl (C=O) groups is 1. The fraction of sp³-hybridized carbons (Fsp3) is 0.385. The van der Waals surface area contributed by atoms with Crippen LogP contribution in [-0.2, 0) is 9.53 Å². The summed E-state index contributed by atoms with van der Waals surface area (Å²) in [4.78, 5) is 18.3. The molecule has 1 heterocycles. The van der Waals surface area contributed by atoms with E-state index in [2.05, 4.69) is 31.3 Å². The third-order valence-corrected chi connectivity index (χ3v) is 5.30. The van der Waals surface area contributed by atoms with Crippen molar-refractivity contribution in [1.82, 2.24) is 10.9 Å². The molecule has 7 heteroatoms. The van der Waals surface area contributed by atoms with E-state index < -0.39 is 11.6 Å². The molecular weight excluding hydrogens is 418 g/mol. The fourth-order valence-electron chi connectivity index (χ4n) is 3.61. The highest BCUT2D eigenvalue weighted by atomic mass is 16.5. The molecule has 0 aliphatic carbocycles. The molecule has 1 aliphatic rings. The molecule has 0 aromatic heterocycles. The number of hydrazine groups is 1. The number of ether oxygens (including phenoxy) is 2. The first-order valence-corrected chi connectivity index (χ1v) is 11.3. The molecule has 1 aliphatic heterocycles. The van der Waals surface area contributed by atoms with Gasteiger partial charge in [0.1, 0.15) is 5.75 Å². The van der Waals surface area contributed by atoms with Crippen molar-refractivity contribution in [2.45, 2.75) is 38.3 Å². The van der Waals surface area contributed by atoms with E-state index in [1.165, 1.54) is 0 Å². The Morgan fingerprint density at radius 2 is 1.97 bits per heavy atom. The molecule has 3 N–H and O–H groups in total. The summed E-state index contributed by atoms with van der Waals surface area (Å²) in [6.45, 7) is 9.17. The Labute approximate surface area is 195 Å². The topological polar surface area (TPSA) is 92.2 Å². The van der Waals surface area contributed by atoms with Gasteiger partial charge >= 0.3 is 0 Å². The number of aliphatic hydroxyl groups excluding tert-OH is 1. The van der Waals surface area contributed by atoms with Gasteiger partial charge in [-0.15, -0.1) is 6.58 Å². The van der Waals surface area contributed by atoms with Crippen LogP contribution in [0.25, 0.3) is 0 Å². The van der Waals surface area contributed by atoms with E-state index >= 15 is 0 Å². The normalized spacial score (nSPS) is 19.6. The third kappa shape index (κ3) is 6.00. The van der Waals surface area contributed by atoms with E-state index in [0.29, 0.717) is 43.6 Å². The number of benzene rings is 2. The van der Waals surface area contributed by atoms with E-state index in [9.17, 15) is 4.79 Å². The number of aliphatic hydroxyl groups is 1. The van der Waals surface area contributed by atoms with Crippen molar-refractivity contribution < 1.29 is 19.4 Å². The summed E-state index contributed by atoms with van der Waals surface area (Å²) in [5.41, 5.74) is 6.25. The second kappa shape index (κ2) is 11.6. The monoisotopic (exact) mass is 451 g/mol. The van der Waals surface area contributed by atoms with Gasteiger partial charge in [-0.25, -0.2) is 10.4 Å². The first-order chi connectivity index (χ1) is 16.0. The van der Waals surface area contributed by atoms with Gasteiger partial charge in [-0.05, 0) is 35.7 Å². The van der Waals surface area contributed by atoms with Crippen LogP contribution in [0.2, 0.25) is 0 Å². The summed E-state index contributed by atoms with van der Waals surface area (Å²) in [6.07, 6.45) is 1.98. The SMILES string of the molecule is C=CC[C@]1(C(=O)NNCC(C)C)N=C(c2ccc(OCCCO)cc2)O[C@H]1c1ccccc1. The number of hydrogen-bond acceptors (Lipinski definition) is 6. The van der Waals surface area contributed by atoms with Crippen molar-refractivity contribution in [1.29, 1.82) is 0 Å². The highest BCUT2D eigenvalue weighted by Crippen LogP contribution is 2.42. The maximum atomic E-state index is 13.5. The average molecular weight is 452 g/mol. The van der Waals surface area contributed by atoms with E-state index in [-0.39, 0.29) is 12.5 Å². The van der Waals surface area contributed by atoms with Gasteiger partial charge in [-0.1, -0.05) is 50.3 Å². The molecule has 0 radical (unpaired) electrons. The Morgan fingerprint density at radius 1 is 1.24 bits per heavy atom. The lowest BCUT2D eigenvalue weighted by molar-refractivity contribution is -0.129. The lowest BCUT2D eigenvalue weighted by atomic mass is 9.84. The molecule has 2 aromatic rings. The van der Waals surface area contributed by atoms with Crippen molar-refractivity contribution in [3.05, 3.63) is 78.4 Å². The summed E-state index contributed by atoms with van der Waals surface area (Å²) in [5.74, 6) is 1.20. The molecule has 2 aromatic carbocycles. The second-order valence-electron chi connectivity index (χ2n) is 8.42. The quantitative estimate of drug-likeness (QED) is 0.261. The molecule has 176 valence electrons. The number of nitrogens with one attached hydrogen (secondary N) is 2. The van der Waals surface area contributed by atoms with E-state index in [0.717, 1.165) is 11.1 Å². The van der Waals surface area contributed by atoms with Gasteiger partial charge in [-0.3, -0.25) is 10.2 Å². The molecule has 0 fully saturated rings. The zero-order chi connectivity index (χ0) is 23.7. The maximum Gasteiger partial charge on any atom is 0.266 e. The van der Waals surface area contributed by atoms with Crippen LogP contribution >= 0.6 is 0 Å². The van der Waals surface area contributed by atoms with Crippen LogP contribution in [0.1, 0.15) is 43.9 Å². The number of hydrogen-bond donors (Lipinski definition) is 3. The number of rotatable bonds is 12. The zero-order valence-corrected chi connectivity index (χ0v) is 19.3. The van der Waals surface area contributed by atoms with Gasteiger partial charge in [0.05, 0.1) is 6.61 Å². The molecule has 3 rings (SSSR count). The van der Waals surface area contributed by atoms with Crippen LogP contribution in [0.5, 0.6) is 5.75 Å². The van der Waals surface area contributed by atoms with Crippen molar-refractivity contribution >= 4 is 11.8 Å². The Morgan fingerprint density at radius 3 is 2.61 bits per heavy atom. The third-order valence-electron chi connectivity index (χ3n) is 5.30. The Balaban J connectivity index is 1.92. The number of nitrogens with zero attached hydrogens (tertiary/aromatic N) is 1. The maximum absolute atomic E-state index is 13.5. The molecule has 0 bridgehead atoms. The first-order valence-electron chi connectivity index (χ1n) is 11.3. The minimum atomic E-state index is -1.20. The number of amides is 1. The van der Waals surface area contributed by atoms with Gasteiger partial charge in [0.25, 0.3) is 5.91 Å². The van der Waals surface area contributed by atoms with Gasteiger partial charge in [0.2, 0.25) is 5.90 Å². The minimum absolute atomic E-state index is 0.0864. The molecule has 33 heavy (non-hydrogen) atoms. The highest BCUT2D eigenvalue weighted by Gasteiger charge is 2.52. The Hall–Kier alpha value is -3.16. The molecule has 7 nitrogen and oxygen atoms in total. The van der Waals surface area contributed by atoms with Crippen LogP contribution < -0.4 is 15.6 Å². The molecule has 0 spiro atoms. The van der Waals surface area contributed by atoms with E-state index in [1.54, 1.807) is 6.08 Å². The molecule has 0 unspecified atom stereocenters. The summed E-state index contributed by atoms with van der Waals surface area (Å²) in [5, 5.41) is 8.91. The van der Waals surface area contributed by atoms with Crippen LogP contribution in [0.15, 0.2) is 72.2 Å². The van der Waals surface area contributed by atoms with Gasteiger partial charge in [0.15, 0.2) is 11.6 Å². The van der Waals surface area contributed by atoms with E-state index in [1.807, 2.05) is 54.6 Å². The summed E-state index contributed by atoms with van der Waals surface area (Å²) in [7, 11) is 0. The van der Waals surface area contributed by atoms with Crippen LogP contribution in [0.3, 0.4) is 0 Å². The lowest BCUT2D eigenvalue weighted by Crippen LogP contribution is -2.53. The van der Waals surface area contributed by atoms with Gasteiger partial charge in [-0.2, -0.15) is 0 Å². The van der Waals surface area contributed by atoms with Gasteiger partial charge < -0.3 is 14.6 Å². The summed E-state index contributed by atoms with van der Waals surface area (Å²) < 4.78 is 11.9. The smallest absolute Gasteiger partial charge is 0.266 e. The number of carbonyl (C=O) groups excluding carboxylic acids is 1. The first kappa shape index (κ1) is 24.5. The van der Waals surface area contributed by atoms with Gasteiger partial charge in [0, 0.05) is 31.6 Å². The minimum Gasteiger partial charge on any atom is -0.494 e. The molecule has 2 atom stereocenters. The standard InChI is InChI=1S/C26H33N3O4/c1-4-15-26(25(31)29-27-18-19(2)3)23(20-9-6-5-7-10-20)33-24(28-26)21-11-13-22(14-12-21)32-17-8-16-30/h4-7,9-14,19,23,27,30H,1,8,15-18H2,2-3H3,(H,29,31)/t23-,26-/m0/s1. The Kier molecular flexibility index (Phi) is 8.63. The Bertz CT molecular complexity index is 944. The number of aliphatic imine (C=N–C) groups is 1. The average Bonchev–Trinajstić information content (AvgIpc) is 3.21. The van der Waals surface area contributed by atoms with E-state index in [4.69, 9.17) is 19.6 Å². The molecule has 1 amide bonds. The van der Waals surface area contributed by atoms with Crippen molar-refractivity contribution in [3.63, 3.8) is 0 Å². The predicted molar refractivity (Wildman–Crippen MR) is 129 cm³/mol. The predicted octanol–water partition coefficient (Wildman–Crippen LogP) is 3.56. The van der Waals surface area contributed by atoms with Crippen LogP contribution in [0, 0.1) is 5.92 Å².